The van der Waals surface area contributed by atoms with Gasteiger partial charge in [-0.25, -0.2) is 0 Å². The van der Waals surface area contributed by atoms with Crippen molar-refractivity contribution in [2.45, 2.75) is 24.9 Å². The molecule has 1 N–H and O–H groups in total. The lowest BCUT2D eigenvalue weighted by atomic mass is 9.85. The number of nitrogens with zero attached hydrogens (tertiary/aromatic N) is 2. The minimum Gasteiger partial charge on any atom is -0.361 e. The molecular weight excluding hydrogens is 330 g/mol. The van der Waals surface area contributed by atoms with Crippen molar-refractivity contribution in [3.05, 3.63) is 85.2 Å². The van der Waals surface area contributed by atoms with E-state index in [1.807, 2.05) is 6.08 Å². The standard InChI is InChI=1S/C24H25N3/c1-2-16-26-17-6-5-14-24(26,21-9-7-10-22-20(21)12-15-25-22)27-18-13-19-8-3-4-11-23(19)27/h2-4,7-13,15,18,25H,1,5-6,14,16-17H2. The zero-order chi connectivity index (χ0) is 18.3. The van der Waals surface area contributed by atoms with Crippen molar-refractivity contribution < 1.29 is 0 Å². The predicted molar refractivity (Wildman–Crippen MR) is 113 cm³/mol. The maximum absolute atomic E-state index is 4.05. The first-order valence-electron chi connectivity index (χ1n) is 9.84. The second-order valence-electron chi connectivity index (χ2n) is 7.50. The zero-order valence-corrected chi connectivity index (χ0v) is 15.6. The van der Waals surface area contributed by atoms with Crippen LogP contribution in [0, 0.1) is 0 Å². The molecule has 0 aliphatic carbocycles. The van der Waals surface area contributed by atoms with Crippen LogP contribution in [-0.2, 0) is 5.66 Å². The van der Waals surface area contributed by atoms with Crippen molar-refractivity contribution >= 4 is 21.8 Å². The Morgan fingerprint density at radius 1 is 1.04 bits per heavy atom. The highest BCUT2D eigenvalue weighted by molar-refractivity contribution is 5.85. The molecule has 3 heteroatoms. The van der Waals surface area contributed by atoms with Crippen molar-refractivity contribution in [2.75, 3.05) is 13.1 Å². The van der Waals surface area contributed by atoms with E-state index in [9.17, 15) is 0 Å². The quantitative estimate of drug-likeness (QED) is 0.481. The van der Waals surface area contributed by atoms with Gasteiger partial charge in [0.05, 0.1) is 0 Å². The molecule has 1 fully saturated rings. The van der Waals surface area contributed by atoms with E-state index in [-0.39, 0.29) is 5.66 Å². The lowest BCUT2D eigenvalue weighted by Crippen LogP contribution is -2.54. The summed E-state index contributed by atoms with van der Waals surface area (Å²) in [5.41, 5.74) is 3.68. The van der Waals surface area contributed by atoms with E-state index in [1.165, 1.54) is 40.2 Å². The van der Waals surface area contributed by atoms with Crippen molar-refractivity contribution in [3.8, 4) is 0 Å². The van der Waals surface area contributed by atoms with Crippen molar-refractivity contribution in [2.24, 2.45) is 0 Å². The zero-order valence-electron chi connectivity index (χ0n) is 15.6. The van der Waals surface area contributed by atoms with Crippen LogP contribution >= 0.6 is 0 Å². The molecule has 136 valence electrons. The molecule has 3 heterocycles. The summed E-state index contributed by atoms with van der Waals surface area (Å²) in [6.45, 7) is 6.02. The van der Waals surface area contributed by atoms with Crippen molar-refractivity contribution in [1.29, 1.82) is 0 Å². The third-order valence-electron chi connectivity index (χ3n) is 6.10. The number of rotatable bonds is 4. The largest absolute Gasteiger partial charge is 0.361 e. The summed E-state index contributed by atoms with van der Waals surface area (Å²) in [6.07, 6.45) is 9.93. The monoisotopic (exact) mass is 355 g/mol. The van der Waals surface area contributed by atoms with Gasteiger partial charge in [0, 0.05) is 47.5 Å². The summed E-state index contributed by atoms with van der Waals surface area (Å²) >= 11 is 0. The number of likely N-dealkylation sites (tertiary alicyclic amines) is 1. The molecule has 5 rings (SSSR count). The number of H-pyrrole nitrogens is 1. The average molecular weight is 355 g/mol. The van der Waals surface area contributed by atoms with Gasteiger partial charge in [-0.15, -0.1) is 6.58 Å². The number of benzene rings is 2. The SMILES string of the molecule is C=CCN1CCCCC1(c1cccc2[nH]ccc12)n1ccc2ccccc21. The highest BCUT2D eigenvalue weighted by Gasteiger charge is 2.43. The van der Waals surface area contributed by atoms with Gasteiger partial charge in [0.25, 0.3) is 0 Å². The van der Waals surface area contributed by atoms with Gasteiger partial charge in [0.2, 0.25) is 0 Å². The molecule has 0 bridgehead atoms. The molecule has 1 saturated heterocycles. The fraction of sp³-hybridized carbons (Fsp3) is 0.250. The molecule has 1 atom stereocenters. The van der Waals surface area contributed by atoms with Crippen LogP contribution in [0.2, 0.25) is 0 Å². The molecule has 3 nitrogen and oxygen atoms in total. The highest BCUT2D eigenvalue weighted by Crippen LogP contribution is 2.43. The Labute approximate surface area is 159 Å². The number of aromatic amines is 1. The Hall–Kier alpha value is -2.78. The van der Waals surface area contributed by atoms with Crippen LogP contribution in [-0.4, -0.2) is 27.5 Å². The van der Waals surface area contributed by atoms with Gasteiger partial charge in [0.1, 0.15) is 5.66 Å². The van der Waals surface area contributed by atoms with Gasteiger partial charge in [-0.1, -0.05) is 36.4 Å². The van der Waals surface area contributed by atoms with Crippen LogP contribution in [0.3, 0.4) is 0 Å². The molecule has 0 spiro atoms. The van der Waals surface area contributed by atoms with Crippen LogP contribution in [0.25, 0.3) is 21.8 Å². The van der Waals surface area contributed by atoms with E-state index < -0.39 is 0 Å². The Bertz CT molecular complexity index is 1100. The van der Waals surface area contributed by atoms with E-state index in [2.05, 4.69) is 88.0 Å². The van der Waals surface area contributed by atoms with E-state index in [0.717, 1.165) is 19.5 Å². The molecule has 0 saturated carbocycles. The van der Waals surface area contributed by atoms with Crippen LogP contribution < -0.4 is 0 Å². The molecule has 0 radical (unpaired) electrons. The number of nitrogens with one attached hydrogen (secondary N) is 1. The topological polar surface area (TPSA) is 24.0 Å². The highest BCUT2D eigenvalue weighted by atomic mass is 15.4. The lowest BCUT2D eigenvalue weighted by molar-refractivity contribution is 0.0328. The van der Waals surface area contributed by atoms with Gasteiger partial charge >= 0.3 is 0 Å². The Morgan fingerprint density at radius 2 is 1.96 bits per heavy atom. The van der Waals surface area contributed by atoms with E-state index in [4.69, 9.17) is 0 Å². The van der Waals surface area contributed by atoms with E-state index in [1.54, 1.807) is 0 Å². The Balaban J connectivity index is 1.85. The summed E-state index contributed by atoms with van der Waals surface area (Å²) in [6, 6.07) is 19.8. The maximum Gasteiger partial charge on any atom is 0.124 e. The first kappa shape index (κ1) is 16.4. The third-order valence-corrected chi connectivity index (χ3v) is 6.10. The van der Waals surface area contributed by atoms with E-state index >= 15 is 0 Å². The first-order chi connectivity index (χ1) is 13.3. The molecule has 1 unspecified atom stereocenters. The molecular formula is C24H25N3. The molecule has 0 amide bonds. The van der Waals surface area contributed by atoms with Crippen LogP contribution in [0.4, 0.5) is 0 Å². The number of hydrogen-bond donors (Lipinski definition) is 1. The maximum atomic E-state index is 4.05. The van der Waals surface area contributed by atoms with Gasteiger partial charge < -0.3 is 9.55 Å². The number of fused-ring (bicyclic) bond motifs is 2. The number of para-hydroxylation sites is 1. The summed E-state index contributed by atoms with van der Waals surface area (Å²) in [4.78, 5) is 6.01. The fourth-order valence-electron chi connectivity index (χ4n) is 4.96. The molecule has 2 aromatic carbocycles. The number of hydrogen-bond acceptors (Lipinski definition) is 1. The number of aromatic nitrogens is 2. The second kappa shape index (κ2) is 6.43. The predicted octanol–water partition coefficient (Wildman–Crippen LogP) is 5.50. The Kier molecular flexibility index (Phi) is 3.91. The molecule has 1 aliphatic rings. The van der Waals surface area contributed by atoms with Crippen molar-refractivity contribution in [3.63, 3.8) is 0 Å². The normalized spacial score (nSPS) is 21.0. The smallest absolute Gasteiger partial charge is 0.124 e. The fourth-order valence-corrected chi connectivity index (χ4v) is 4.96. The average Bonchev–Trinajstić information content (AvgIpc) is 3.36. The van der Waals surface area contributed by atoms with Gasteiger partial charge in [0.15, 0.2) is 0 Å². The van der Waals surface area contributed by atoms with Crippen LogP contribution in [0.15, 0.2) is 79.6 Å². The minimum atomic E-state index is -0.197. The van der Waals surface area contributed by atoms with Gasteiger partial charge in [-0.2, -0.15) is 0 Å². The lowest BCUT2D eigenvalue weighted by Gasteiger charge is -2.49. The Morgan fingerprint density at radius 3 is 2.89 bits per heavy atom. The van der Waals surface area contributed by atoms with Crippen molar-refractivity contribution in [1.82, 2.24) is 14.5 Å². The summed E-state index contributed by atoms with van der Waals surface area (Å²) in [5.74, 6) is 0. The van der Waals surface area contributed by atoms with Crippen LogP contribution in [0.5, 0.6) is 0 Å². The minimum absolute atomic E-state index is 0.197. The van der Waals surface area contributed by atoms with Gasteiger partial charge in [-0.05, 0) is 48.9 Å². The summed E-state index contributed by atoms with van der Waals surface area (Å²) in [7, 11) is 0. The molecule has 1 aliphatic heterocycles. The van der Waals surface area contributed by atoms with E-state index in [0.29, 0.717) is 0 Å². The van der Waals surface area contributed by atoms with Gasteiger partial charge in [-0.3, -0.25) is 4.90 Å². The summed E-state index contributed by atoms with van der Waals surface area (Å²) < 4.78 is 2.51. The third kappa shape index (κ3) is 2.38. The number of piperidine rings is 1. The summed E-state index contributed by atoms with van der Waals surface area (Å²) in [5, 5.41) is 2.61. The first-order valence-corrected chi connectivity index (χ1v) is 9.84. The second-order valence-corrected chi connectivity index (χ2v) is 7.50. The molecule has 2 aromatic heterocycles. The molecule has 4 aromatic rings. The molecule has 27 heavy (non-hydrogen) atoms. The van der Waals surface area contributed by atoms with Crippen LogP contribution in [0.1, 0.15) is 24.8 Å².